The molecule has 0 bridgehead atoms. The lowest BCUT2D eigenvalue weighted by Gasteiger charge is -1.99. The highest BCUT2D eigenvalue weighted by Gasteiger charge is 1.98. The van der Waals surface area contributed by atoms with E-state index < -0.39 is 5.97 Å². The Morgan fingerprint density at radius 2 is 1.00 bits per heavy atom. The van der Waals surface area contributed by atoms with E-state index in [0.717, 1.165) is 58.7 Å². The molecule has 0 aromatic heterocycles. The van der Waals surface area contributed by atoms with E-state index in [-0.39, 0.29) is 13.2 Å². The Morgan fingerprint density at radius 3 is 1.22 bits per heavy atom. The zero-order chi connectivity index (χ0) is 21.8. The van der Waals surface area contributed by atoms with Gasteiger partial charge < -0.3 is 20.1 Å². The number of aliphatic hydroxyl groups is 2. The Hall–Kier alpha value is -0.980. The summed E-state index contributed by atoms with van der Waals surface area (Å²) in [6, 6.07) is 0. The first-order chi connectivity index (χ1) is 12.9. The quantitative estimate of drug-likeness (QED) is 0.394. The molecule has 0 aliphatic rings. The highest BCUT2D eigenvalue weighted by molar-refractivity contribution is 5.78. The lowest BCUT2D eigenvalue weighted by molar-refractivity contribution is -0.134. The second kappa shape index (κ2) is 36.0. The number of rotatable bonds is 13. The van der Waals surface area contributed by atoms with Gasteiger partial charge in [0, 0.05) is 33.0 Å². The highest BCUT2D eigenvalue weighted by Crippen LogP contribution is 2.02. The topological polar surface area (TPSA) is 104 Å². The number of ether oxygens (including phenoxy) is 1. The molecule has 0 aliphatic carbocycles. The van der Waals surface area contributed by atoms with E-state index in [1.54, 1.807) is 0 Å². The van der Waals surface area contributed by atoms with Crippen molar-refractivity contribution >= 4 is 11.8 Å². The number of carbonyl (C=O) groups excluding carboxylic acids is 1. The molecule has 0 rings (SSSR count). The number of hydrogen-bond donors (Lipinski definition) is 3. The van der Waals surface area contributed by atoms with E-state index in [1.807, 2.05) is 0 Å². The average molecular weight is 395 g/mol. The molecule has 0 fully saturated rings. The van der Waals surface area contributed by atoms with Gasteiger partial charge in [0.2, 0.25) is 0 Å². The Balaban J connectivity index is -0.000000142. The summed E-state index contributed by atoms with van der Waals surface area (Å²) in [7, 11) is 0. The Morgan fingerprint density at radius 1 is 0.704 bits per heavy atom. The summed E-state index contributed by atoms with van der Waals surface area (Å²) in [6.07, 6.45) is 10.9. The SMILES string of the molecule is CC(=O)O.CCCCC(=O)CCCC.CCCCOCCCC.OCCO. The second-order valence-electron chi connectivity index (χ2n) is 6.03. The predicted octanol–water partition coefficient (Wildman–Crippen LogP) is 4.60. The Bertz CT molecular complexity index is 247. The third-order valence-electron chi connectivity index (χ3n) is 3.00. The predicted molar refractivity (Wildman–Crippen MR) is 112 cm³/mol. The van der Waals surface area contributed by atoms with Crippen LogP contribution >= 0.6 is 0 Å². The molecule has 0 aromatic carbocycles. The van der Waals surface area contributed by atoms with Gasteiger partial charge in [0.05, 0.1) is 13.2 Å². The van der Waals surface area contributed by atoms with Crippen molar-refractivity contribution in [1.82, 2.24) is 0 Å². The van der Waals surface area contributed by atoms with E-state index in [1.165, 1.54) is 25.7 Å². The van der Waals surface area contributed by atoms with Gasteiger partial charge in [0.1, 0.15) is 5.78 Å². The smallest absolute Gasteiger partial charge is 0.300 e. The number of unbranched alkanes of at least 4 members (excludes halogenated alkanes) is 4. The molecule has 0 spiro atoms. The maximum absolute atomic E-state index is 11.0. The maximum Gasteiger partial charge on any atom is 0.300 e. The van der Waals surface area contributed by atoms with Gasteiger partial charge in [-0.2, -0.15) is 0 Å². The fraction of sp³-hybridized carbons (Fsp3) is 0.905. The van der Waals surface area contributed by atoms with Crippen molar-refractivity contribution in [2.24, 2.45) is 0 Å². The minimum atomic E-state index is -0.833. The molecule has 6 heteroatoms. The van der Waals surface area contributed by atoms with Crippen LogP contribution in [-0.2, 0) is 14.3 Å². The molecule has 166 valence electrons. The number of ketones is 1. The molecular formula is C21H46O6. The Kier molecular flexibility index (Phi) is 44.8. The molecule has 0 aliphatic heterocycles. The number of Topliss-reactive ketones (excluding diaryl/α,β-unsaturated/α-hetero) is 1. The fourth-order valence-electron chi connectivity index (χ4n) is 1.47. The molecule has 0 saturated carbocycles. The standard InChI is InChI=1S/C9H18O.C8H18O.C2H4O2.C2H6O2/c1-3-5-7-9(10)8-6-4-2;1-3-5-7-9-8-6-4-2;1-2(3)4;3-1-2-4/h3-8H2,1-2H3;3-8H2,1-2H3;1H3,(H,3,4);3-4H,1-2H2. The van der Waals surface area contributed by atoms with Gasteiger partial charge in [0.15, 0.2) is 0 Å². The van der Waals surface area contributed by atoms with Crippen molar-refractivity contribution in [3.63, 3.8) is 0 Å². The number of aliphatic hydroxyl groups excluding tert-OH is 2. The maximum atomic E-state index is 11.0. The molecule has 0 aromatic rings. The third-order valence-corrected chi connectivity index (χ3v) is 3.00. The summed E-state index contributed by atoms with van der Waals surface area (Å²) in [5.74, 6) is -0.385. The van der Waals surface area contributed by atoms with Gasteiger partial charge in [0.25, 0.3) is 5.97 Å². The summed E-state index contributed by atoms with van der Waals surface area (Å²) in [5, 5.41) is 22.7. The van der Waals surface area contributed by atoms with Crippen molar-refractivity contribution < 1.29 is 29.6 Å². The zero-order valence-corrected chi connectivity index (χ0v) is 18.5. The minimum Gasteiger partial charge on any atom is -0.481 e. The molecule has 0 unspecified atom stereocenters. The summed E-state index contributed by atoms with van der Waals surface area (Å²) in [4.78, 5) is 20.0. The van der Waals surface area contributed by atoms with Crippen LogP contribution in [0.2, 0.25) is 0 Å². The van der Waals surface area contributed by atoms with Gasteiger partial charge in [-0.3, -0.25) is 9.59 Å². The summed E-state index contributed by atoms with van der Waals surface area (Å²) in [6.45, 7) is 11.3. The van der Waals surface area contributed by atoms with Crippen LogP contribution in [0.4, 0.5) is 0 Å². The van der Waals surface area contributed by atoms with Crippen molar-refractivity contribution in [3.05, 3.63) is 0 Å². The first-order valence-electron chi connectivity index (χ1n) is 10.4. The number of carboxylic acids is 1. The highest BCUT2D eigenvalue weighted by atomic mass is 16.5. The molecule has 0 amide bonds. The molecule has 0 saturated heterocycles. The van der Waals surface area contributed by atoms with E-state index in [9.17, 15) is 4.79 Å². The van der Waals surface area contributed by atoms with Crippen LogP contribution in [0.15, 0.2) is 0 Å². The van der Waals surface area contributed by atoms with E-state index >= 15 is 0 Å². The van der Waals surface area contributed by atoms with E-state index in [2.05, 4.69) is 27.7 Å². The normalized spacial score (nSPS) is 9.00. The van der Waals surface area contributed by atoms with Gasteiger partial charge >= 0.3 is 0 Å². The van der Waals surface area contributed by atoms with Crippen molar-refractivity contribution in [2.75, 3.05) is 26.4 Å². The number of hydrogen-bond acceptors (Lipinski definition) is 5. The lowest BCUT2D eigenvalue weighted by Crippen LogP contribution is -1.96. The van der Waals surface area contributed by atoms with Crippen LogP contribution in [0.25, 0.3) is 0 Å². The van der Waals surface area contributed by atoms with Gasteiger partial charge in [-0.15, -0.1) is 0 Å². The van der Waals surface area contributed by atoms with Crippen LogP contribution in [0.5, 0.6) is 0 Å². The van der Waals surface area contributed by atoms with Crippen molar-refractivity contribution in [3.8, 4) is 0 Å². The molecule has 0 heterocycles. The summed E-state index contributed by atoms with van der Waals surface area (Å²) >= 11 is 0. The van der Waals surface area contributed by atoms with Crippen molar-refractivity contribution in [2.45, 2.75) is 98.8 Å². The first-order valence-corrected chi connectivity index (χ1v) is 10.4. The third kappa shape index (κ3) is 67.5. The monoisotopic (exact) mass is 394 g/mol. The molecule has 0 radical (unpaired) electrons. The summed E-state index contributed by atoms with van der Waals surface area (Å²) in [5.41, 5.74) is 0. The minimum absolute atomic E-state index is 0.125. The largest absolute Gasteiger partial charge is 0.481 e. The van der Waals surface area contributed by atoms with E-state index in [4.69, 9.17) is 24.9 Å². The molecule has 6 nitrogen and oxygen atoms in total. The van der Waals surface area contributed by atoms with Gasteiger partial charge in [-0.25, -0.2) is 0 Å². The van der Waals surface area contributed by atoms with E-state index in [0.29, 0.717) is 5.78 Å². The fourth-order valence-corrected chi connectivity index (χ4v) is 1.47. The van der Waals surface area contributed by atoms with Crippen LogP contribution in [0, 0.1) is 0 Å². The van der Waals surface area contributed by atoms with Crippen LogP contribution < -0.4 is 0 Å². The van der Waals surface area contributed by atoms with Crippen LogP contribution in [0.1, 0.15) is 98.8 Å². The molecule has 27 heavy (non-hydrogen) atoms. The van der Waals surface area contributed by atoms with Crippen LogP contribution in [0.3, 0.4) is 0 Å². The lowest BCUT2D eigenvalue weighted by atomic mass is 10.1. The summed E-state index contributed by atoms with van der Waals surface area (Å²) < 4.78 is 5.31. The number of aliphatic carboxylic acids is 1. The zero-order valence-electron chi connectivity index (χ0n) is 18.5. The first kappa shape index (κ1) is 33.6. The molecule has 0 atom stereocenters. The van der Waals surface area contributed by atoms with Crippen LogP contribution in [-0.4, -0.2) is 53.5 Å². The number of carboxylic acid groups (broad SMARTS) is 1. The number of carbonyl (C=O) groups is 2. The van der Waals surface area contributed by atoms with Gasteiger partial charge in [-0.05, 0) is 25.7 Å². The second-order valence-corrected chi connectivity index (χ2v) is 6.03. The average Bonchev–Trinajstić information content (AvgIpc) is 2.65. The molecule has 3 N–H and O–H groups in total. The van der Waals surface area contributed by atoms with Gasteiger partial charge in [-0.1, -0.05) is 53.4 Å². The van der Waals surface area contributed by atoms with Crippen molar-refractivity contribution in [1.29, 1.82) is 0 Å². The Labute approximate surface area is 167 Å². The molecular weight excluding hydrogens is 348 g/mol.